The van der Waals surface area contributed by atoms with E-state index in [4.69, 9.17) is 5.11 Å². The average molecular weight is 331 g/mol. The van der Waals surface area contributed by atoms with Gasteiger partial charge in [0.1, 0.15) is 0 Å². The maximum absolute atomic E-state index is 11.9. The molecule has 2 amide bonds. The first-order valence-corrected chi connectivity index (χ1v) is 8.90. The first kappa shape index (κ1) is 17.8. The van der Waals surface area contributed by atoms with Crippen molar-refractivity contribution in [2.75, 3.05) is 25.6 Å². The SMILES string of the molecule is CSCCC(C)N(C)C(=O)NCCc1nc(C(=O)O)cs1. The molecule has 0 bridgehead atoms. The van der Waals surface area contributed by atoms with Gasteiger partial charge in [-0.2, -0.15) is 11.8 Å². The molecule has 118 valence electrons. The van der Waals surface area contributed by atoms with Crippen LogP contribution in [0.4, 0.5) is 4.79 Å². The van der Waals surface area contributed by atoms with E-state index in [1.54, 1.807) is 23.7 Å². The summed E-state index contributed by atoms with van der Waals surface area (Å²) in [5.41, 5.74) is 0.0594. The number of carboxylic acid groups (broad SMARTS) is 1. The van der Waals surface area contributed by atoms with Crippen LogP contribution < -0.4 is 5.32 Å². The lowest BCUT2D eigenvalue weighted by Crippen LogP contribution is -2.43. The molecule has 8 heteroatoms. The third kappa shape index (κ3) is 5.92. The molecule has 0 aromatic carbocycles. The first-order valence-electron chi connectivity index (χ1n) is 6.63. The largest absolute Gasteiger partial charge is 0.476 e. The van der Waals surface area contributed by atoms with Crippen LogP contribution in [0, 0.1) is 0 Å². The van der Waals surface area contributed by atoms with Crippen molar-refractivity contribution in [3.05, 3.63) is 16.1 Å². The van der Waals surface area contributed by atoms with E-state index in [2.05, 4.69) is 10.3 Å². The van der Waals surface area contributed by atoms with E-state index in [1.807, 2.05) is 13.2 Å². The number of carboxylic acids is 1. The van der Waals surface area contributed by atoms with E-state index in [-0.39, 0.29) is 17.8 Å². The summed E-state index contributed by atoms with van der Waals surface area (Å²) in [6.07, 6.45) is 3.54. The number of carbonyl (C=O) groups is 2. The Bertz CT molecular complexity index is 479. The topological polar surface area (TPSA) is 82.5 Å². The summed E-state index contributed by atoms with van der Waals surface area (Å²) in [7, 11) is 1.78. The lowest BCUT2D eigenvalue weighted by Gasteiger charge is -2.25. The Hall–Kier alpha value is -1.28. The number of amides is 2. The lowest BCUT2D eigenvalue weighted by atomic mass is 10.2. The van der Waals surface area contributed by atoms with Crippen LogP contribution >= 0.6 is 23.1 Å². The minimum Gasteiger partial charge on any atom is -0.476 e. The predicted molar refractivity (Wildman–Crippen MR) is 86.4 cm³/mol. The lowest BCUT2D eigenvalue weighted by molar-refractivity contribution is 0.0691. The van der Waals surface area contributed by atoms with Crippen LogP contribution in [-0.4, -0.2) is 58.6 Å². The Balaban J connectivity index is 2.33. The normalized spacial score (nSPS) is 12.0. The molecule has 1 aromatic rings. The first-order chi connectivity index (χ1) is 9.95. The van der Waals surface area contributed by atoms with Crippen LogP contribution in [0.1, 0.15) is 28.8 Å². The Morgan fingerprint density at radius 1 is 1.57 bits per heavy atom. The fourth-order valence-corrected chi connectivity index (χ4v) is 2.96. The Kier molecular flexibility index (Phi) is 7.52. The standard InChI is InChI=1S/C13H21N3O3S2/c1-9(5-7-20-3)16(2)13(19)14-6-4-11-15-10(8-21-11)12(17)18/h8-9H,4-7H2,1-3H3,(H,14,19)(H,17,18). The highest BCUT2D eigenvalue weighted by atomic mass is 32.2. The van der Waals surface area contributed by atoms with Gasteiger partial charge in [0.2, 0.25) is 0 Å². The highest BCUT2D eigenvalue weighted by Crippen LogP contribution is 2.10. The summed E-state index contributed by atoms with van der Waals surface area (Å²) in [6.45, 7) is 2.47. The summed E-state index contributed by atoms with van der Waals surface area (Å²) in [5.74, 6) is -0.000500. The fourth-order valence-electron chi connectivity index (χ4n) is 1.61. The summed E-state index contributed by atoms with van der Waals surface area (Å²) >= 11 is 3.06. The molecular formula is C13H21N3O3S2. The fraction of sp³-hybridized carbons (Fsp3) is 0.615. The van der Waals surface area contributed by atoms with Crippen LogP contribution in [0.5, 0.6) is 0 Å². The second kappa shape index (κ2) is 8.89. The number of nitrogens with zero attached hydrogens (tertiary/aromatic N) is 2. The Morgan fingerprint density at radius 2 is 2.29 bits per heavy atom. The predicted octanol–water partition coefficient (Wildman–Crippen LogP) is 2.17. The maximum atomic E-state index is 11.9. The van der Waals surface area contributed by atoms with E-state index in [9.17, 15) is 9.59 Å². The molecule has 0 saturated heterocycles. The summed E-state index contributed by atoms with van der Waals surface area (Å²) < 4.78 is 0. The van der Waals surface area contributed by atoms with E-state index in [0.717, 1.165) is 12.2 Å². The zero-order chi connectivity index (χ0) is 15.8. The second-order valence-corrected chi connectivity index (χ2v) is 6.58. The van der Waals surface area contributed by atoms with Gasteiger partial charge in [-0.1, -0.05) is 0 Å². The molecule has 0 spiro atoms. The molecule has 1 unspecified atom stereocenters. The number of nitrogens with one attached hydrogen (secondary N) is 1. The molecule has 1 aromatic heterocycles. The van der Waals surface area contributed by atoms with Gasteiger partial charge in [-0.05, 0) is 25.4 Å². The third-order valence-electron chi connectivity index (χ3n) is 3.11. The van der Waals surface area contributed by atoms with E-state index in [1.165, 1.54) is 16.7 Å². The van der Waals surface area contributed by atoms with Crippen molar-refractivity contribution in [2.45, 2.75) is 25.8 Å². The van der Waals surface area contributed by atoms with Crippen molar-refractivity contribution in [1.82, 2.24) is 15.2 Å². The van der Waals surface area contributed by atoms with Gasteiger partial charge in [0, 0.05) is 31.4 Å². The third-order valence-corrected chi connectivity index (χ3v) is 4.66. The zero-order valence-electron chi connectivity index (χ0n) is 12.5. The van der Waals surface area contributed by atoms with Crippen molar-refractivity contribution in [1.29, 1.82) is 0 Å². The summed E-state index contributed by atoms with van der Waals surface area (Å²) in [5, 5.41) is 13.8. The number of aromatic carboxylic acids is 1. The highest BCUT2D eigenvalue weighted by Gasteiger charge is 2.15. The smallest absolute Gasteiger partial charge is 0.355 e. The van der Waals surface area contributed by atoms with Crippen LogP contribution in [0.25, 0.3) is 0 Å². The molecular weight excluding hydrogens is 310 g/mol. The molecule has 0 aliphatic carbocycles. The summed E-state index contributed by atoms with van der Waals surface area (Å²) in [6, 6.07) is 0.0783. The van der Waals surface area contributed by atoms with Crippen LogP contribution in [-0.2, 0) is 6.42 Å². The van der Waals surface area contributed by atoms with E-state index < -0.39 is 5.97 Å². The van der Waals surface area contributed by atoms with Gasteiger partial charge in [0.25, 0.3) is 0 Å². The van der Waals surface area contributed by atoms with Crippen molar-refractivity contribution in [3.63, 3.8) is 0 Å². The number of thioether (sulfide) groups is 1. The van der Waals surface area contributed by atoms with Crippen LogP contribution in [0.3, 0.4) is 0 Å². The molecule has 0 aliphatic heterocycles. The number of hydrogen-bond donors (Lipinski definition) is 2. The molecule has 1 heterocycles. The quantitative estimate of drug-likeness (QED) is 0.763. The van der Waals surface area contributed by atoms with Gasteiger partial charge < -0.3 is 15.3 Å². The van der Waals surface area contributed by atoms with Crippen molar-refractivity contribution in [3.8, 4) is 0 Å². The van der Waals surface area contributed by atoms with Crippen molar-refractivity contribution < 1.29 is 14.7 Å². The number of aromatic nitrogens is 1. The van der Waals surface area contributed by atoms with Crippen LogP contribution in [0.15, 0.2) is 5.38 Å². The Labute approximate surface area is 132 Å². The number of thiazole rings is 1. The molecule has 0 radical (unpaired) electrons. The van der Waals surface area contributed by atoms with Gasteiger partial charge in [-0.3, -0.25) is 0 Å². The molecule has 1 rings (SSSR count). The van der Waals surface area contributed by atoms with Crippen molar-refractivity contribution in [2.24, 2.45) is 0 Å². The molecule has 0 saturated carbocycles. The van der Waals surface area contributed by atoms with Crippen molar-refractivity contribution >= 4 is 35.1 Å². The molecule has 6 nitrogen and oxygen atoms in total. The van der Waals surface area contributed by atoms with E-state index in [0.29, 0.717) is 18.0 Å². The molecule has 0 aliphatic rings. The number of urea groups is 1. The zero-order valence-corrected chi connectivity index (χ0v) is 14.1. The second-order valence-electron chi connectivity index (χ2n) is 4.65. The summed E-state index contributed by atoms with van der Waals surface area (Å²) in [4.78, 5) is 28.3. The minimum atomic E-state index is -1.02. The number of hydrogen-bond acceptors (Lipinski definition) is 5. The van der Waals surface area contributed by atoms with Crippen LogP contribution in [0.2, 0.25) is 0 Å². The van der Waals surface area contributed by atoms with E-state index >= 15 is 0 Å². The number of carbonyl (C=O) groups excluding carboxylic acids is 1. The average Bonchev–Trinajstić information content (AvgIpc) is 2.92. The monoisotopic (exact) mass is 331 g/mol. The van der Waals surface area contributed by atoms with Gasteiger partial charge >= 0.3 is 12.0 Å². The maximum Gasteiger partial charge on any atom is 0.355 e. The van der Waals surface area contributed by atoms with Gasteiger partial charge in [0.05, 0.1) is 5.01 Å². The van der Waals surface area contributed by atoms with Gasteiger partial charge in [0.15, 0.2) is 5.69 Å². The molecule has 0 fully saturated rings. The van der Waals surface area contributed by atoms with Gasteiger partial charge in [-0.15, -0.1) is 11.3 Å². The number of rotatable bonds is 8. The van der Waals surface area contributed by atoms with Gasteiger partial charge in [-0.25, -0.2) is 14.6 Å². The Morgan fingerprint density at radius 3 is 2.86 bits per heavy atom. The minimum absolute atomic E-state index is 0.0594. The molecule has 21 heavy (non-hydrogen) atoms. The molecule has 2 N–H and O–H groups in total. The highest BCUT2D eigenvalue weighted by molar-refractivity contribution is 7.98. The molecule has 1 atom stereocenters.